The first-order valence-corrected chi connectivity index (χ1v) is 7.99. The molecule has 1 amide bonds. The molecule has 0 spiro atoms. The molecule has 1 aromatic heterocycles. The van der Waals surface area contributed by atoms with Crippen LogP contribution in [-0.2, 0) is 13.8 Å². The molecular weight excluding hydrogens is 312 g/mol. The van der Waals surface area contributed by atoms with Gasteiger partial charge in [-0.15, -0.1) is 0 Å². The van der Waals surface area contributed by atoms with Gasteiger partial charge in [-0.3, -0.25) is 4.79 Å². The molecule has 1 atom stereocenters. The highest BCUT2D eigenvalue weighted by atomic mass is 35.7. The predicted octanol–water partition coefficient (Wildman–Crippen LogP) is 0.558. The van der Waals surface area contributed by atoms with Gasteiger partial charge < -0.3 is 15.4 Å². The normalized spacial score (nSPS) is 16.7. The first-order chi connectivity index (χ1) is 9.20. The molecule has 20 heavy (non-hydrogen) atoms. The third-order valence-electron chi connectivity index (χ3n) is 2.82. The van der Waals surface area contributed by atoms with Gasteiger partial charge in [0.25, 0.3) is 9.05 Å². The van der Waals surface area contributed by atoms with Crippen LogP contribution in [0.25, 0.3) is 0 Å². The molecule has 1 fully saturated rings. The lowest BCUT2D eigenvalue weighted by Crippen LogP contribution is -2.32. The first-order valence-electron chi connectivity index (χ1n) is 5.68. The van der Waals surface area contributed by atoms with Crippen molar-refractivity contribution in [1.29, 1.82) is 0 Å². The first kappa shape index (κ1) is 14.7. The summed E-state index contributed by atoms with van der Waals surface area (Å²) in [6.45, 7) is 1.46. The minimum absolute atomic E-state index is 0.117. The van der Waals surface area contributed by atoms with Gasteiger partial charge in [0.2, 0.25) is 10.8 Å². The van der Waals surface area contributed by atoms with Crippen LogP contribution in [0.4, 0.5) is 5.82 Å². The fourth-order valence-corrected chi connectivity index (χ4v) is 2.43. The summed E-state index contributed by atoms with van der Waals surface area (Å²) in [5.41, 5.74) is 0. The number of carbonyl (C=O) groups is 1. The number of halogens is 1. The monoisotopic (exact) mass is 322 g/mol. The molecule has 1 heterocycles. The Bertz CT molecular complexity index is 666. The van der Waals surface area contributed by atoms with Crippen LogP contribution >= 0.6 is 10.7 Å². The molecule has 0 radical (unpaired) electrons. The summed E-state index contributed by atoms with van der Waals surface area (Å²) >= 11 is 0. The van der Waals surface area contributed by atoms with Crippen molar-refractivity contribution >= 4 is 31.5 Å². The molecule has 1 aliphatic carbocycles. The van der Waals surface area contributed by atoms with Gasteiger partial charge in [0.1, 0.15) is 6.04 Å². The van der Waals surface area contributed by atoms with Crippen molar-refractivity contribution in [1.82, 2.24) is 15.1 Å². The summed E-state index contributed by atoms with van der Waals surface area (Å²) in [5, 5.41) is 17.0. The third-order valence-corrected chi connectivity index (χ3v) is 4.13. The van der Waals surface area contributed by atoms with Crippen molar-refractivity contribution in [2.75, 3.05) is 0 Å². The number of carbonyl (C=O) groups excluding carboxylic acids is 1. The Labute approximate surface area is 118 Å². The van der Waals surface area contributed by atoms with Gasteiger partial charge in [-0.1, -0.05) is 0 Å². The van der Waals surface area contributed by atoms with Crippen LogP contribution in [0, 0.1) is 10.1 Å². The highest BCUT2D eigenvalue weighted by Crippen LogP contribution is 2.27. The summed E-state index contributed by atoms with van der Waals surface area (Å²) in [6, 6.07) is -0.756. The summed E-state index contributed by atoms with van der Waals surface area (Å²) in [6.07, 6.45) is 2.66. The number of rotatable bonds is 5. The molecule has 9 nitrogen and oxygen atoms in total. The molecule has 1 unspecified atom stereocenters. The Morgan fingerprint density at radius 1 is 1.65 bits per heavy atom. The van der Waals surface area contributed by atoms with E-state index in [1.54, 1.807) is 0 Å². The van der Waals surface area contributed by atoms with Crippen molar-refractivity contribution in [2.45, 2.75) is 36.7 Å². The second-order valence-electron chi connectivity index (χ2n) is 4.45. The number of nitrogens with one attached hydrogen (secondary N) is 1. The van der Waals surface area contributed by atoms with E-state index in [2.05, 4.69) is 10.4 Å². The maximum atomic E-state index is 11.8. The van der Waals surface area contributed by atoms with E-state index in [-0.39, 0.29) is 11.9 Å². The van der Waals surface area contributed by atoms with Crippen LogP contribution in [-0.4, -0.2) is 35.1 Å². The average Bonchev–Trinajstić information content (AvgIpc) is 3.01. The van der Waals surface area contributed by atoms with Crippen LogP contribution < -0.4 is 5.32 Å². The van der Waals surface area contributed by atoms with Gasteiger partial charge in [-0.2, -0.15) is 4.68 Å². The fourth-order valence-electron chi connectivity index (χ4n) is 1.53. The minimum Gasteiger partial charge on any atom is -0.358 e. The largest absolute Gasteiger partial charge is 0.410 e. The maximum Gasteiger partial charge on any atom is 0.410 e. The van der Waals surface area contributed by atoms with E-state index in [0.717, 1.165) is 23.7 Å². The molecule has 0 aromatic carbocycles. The number of aromatic nitrogens is 2. The van der Waals surface area contributed by atoms with Gasteiger partial charge in [-0.05, 0) is 24.7 Å². The zero-order chi connectivity index (χ0) is 15.1. The number of amides is 1. The average molecular weight is 323 g/mol. The lowest BCUT2D eigenvalue weighted by molar-refractivity contribution is -0.392. The Kier molecular flexibility index (Phi) is 3.69. The molecule has 0 bridgehead atoms. The summed E-state index contributed by atoms with van der Waals surface area (Å²) in [7, 11) is 0.802. The van der Waals surface area contributed by atoms with Crippen LogP contribution in [0.2, 0.25) is 0 Å². The summed E-state index contributed by atoms with van der Waals surface area (Å²) < 4.78 is 23.4. The van der Waals surface area contributed by atoms with E-state index in [0.29, 0.717) is 0 Å². The molecule has 0 aliphatic heterocycles. The Morgan fingerprint density at radius 3 is 2.65 bits per heavy atom. The van der Waals surface area contributed by atoms with E-state index >= 15 is 0 Å². The lowest BCUT2D eigenvalue weighted by Gasteiger charge is -2.08. The minimum atomic E-state index is -4.31. The number of nitro groups is 1. The topological polar surface area (TPSA) is 124 Å². The molecule has 110 valence electrons. The Hall–Kier alpha value is -1.68. The van der Waals surface area contributed by atoms with Crippen LogP contribution in [0.3, 0.4) is 0 Å². The molecule has 1 N–H and O–H groups in total. The highest BCUT2D eigenvalue weighted by molar-refractivity contribution is 8.13. The zero-order valence-corrected chi connectivity index (χ0v) is 11.9. The van der Waals surface area contributed by atoms with E-state index in [9.17, 15) is 23.3 Å². The van der Waals surface area contributed by atoms with Crippen LogP contribution in [0.1, 0.15) is 25.8 Å². The van der Waals surface area contributed by atoms with Gasteiger partial charge in [0, 0.05) is 16.7 Å². The van der Waals surface area contributed by atoms with Crippen molar-refractivity contribution in [3.8, 4) is 0 Å². The van der Waals surface area contributed by atoms with E-state index in [4.69, 9.17) is 10.7 Å². The predicted molar refractivity (Wildman–Crippen MR) is 67.8 cm³/mol. The van der Waals surface area contributed by atoms with Crippen LogP contribution in [0.15, 0.2) is 11.1 Å². The fraction of sp³-hybridized carbons (Fsp3) is 0.556. The number of nitrogens with zero attached hydrogens (tertiary/aromatic N) is 3. The SMILES string of the molecule is CC(C(=O)NC1CC1)n1cc(S(=O)(=O)Cl)c([N+](=O)[O-])n1. The zero-order valence-electron chi connectivity index (χ0n) is 10.3. The lowest BCUT2D eigenvalue weighted by atomic mass is 10.3. The van der Waals surface area contributed by atoms with Crippen molar-refractivity contribution in [2.24, 2.45) is 0 Å². The van der Waals surface area contributed by atoms with Crippen LogP contribution in [0.5, 0.6) is 0 Å². The van der Waals surface area contributed by atoms with Gasteiger partial charge in [0.05, 0.1) is 11.3 Å². The van der Waals surface area contributed by atoms with Gasteiger partial charge in [-0.25, -0.2) is 8.42 Å². The van der Waals surface area contributed by atoms with Gasteiger partial charge >= 0.3 is 5.82 Å². The maximum absolute atomic E-state index is 11.8. The molecule has 0 saturated heterocycles. The summed E-state index contributed by atoms with van der Waals surface area (Å²) in [4.78, 5) is 20.9. The molecular formula is C9H11ClN4O5S. The molecule has 11 heteroatoms. The number of hydrogen-bond donors (Lipinski definition) is 1. The van der Waals surface area contributed by atoms with E-state index in [1.165, 1.54) is 6.92 Å². The van der Waals surface area contributed by atoms with E-state index in [1.807, 2.05) is 0 Å². The number of hydrogen-bond acceptors (Lipinski definition) is 6. The van der Waals surface area contributed by atoms with Gasteiger partial charge in [0.15, 0.2) is 0 Å². The molecule has 1 aromatic rings. The quantitative estimate of drug-likeness (QED) is 0.479. The van der Waals surface area contributed by atoms with E-state index < -0.39 is 30.7 Å². The smallest absolute Gasteiger partial charge is 0.358 e. The molecule has 1 aliphatic rings. The van der Waals surface area contributed by atoms with Crippen molar-refractivity contribution in [3.05, 3.63) is 16.3 Å². The Balaban J connectivity index is 2.32. The van der Waals surface area contributed by atoms with Crippen molar-refractivity contribution < 1.29 is 18.1 Å². The second-order valence-corrected chi connectivity index (χ2v) is 6.99. The third kappa shape index (κ3) is 3.07. The molecule has 2 rings (SSSR count). The molecule has 1 saturated carbocycles. The summed E-state index contributed by atoms with van der Waals surface area (Å²) in [5.74, 6) is -1.28. The van der Waals surface area contributed by atoms with Crippen molar-refractivity contribution in [3.63, 3.8) is 0 Å². The standard InChI is InChI=1S/C9H11ClN4O5S/c1-5(9(15)11-6-2-3-6)13-4-7(20(10,18)19)8(12-13)14(16)17/h4-6H,2-3H2,1H3,(H,11,15). The Morgan fingerprint density at radius 2 is 2.25 bits per heavy atom. The highest BCUT2D eigenvalue weighted by Gasteiger charge is 2.34. The second kappa shape index (κ2) is 5.02.